The van der Waals surface area contributed by atoms with Crippen molar-refractivity contribution in [3.8, 4) is 0 Å². The Labute approximate surface area is 105 Å². The van der Waals surface area contributed by atoms with E-state index in [4.69, 9.17) is 5.11 Å². The predicted octanol–water partition coefficient (Wildman–Crippen LogP) is 1.78. The van der Waals surface area contributed by atoms with Crippen molar-refractivity contribution in [3.63, 3.8) is 0 Å². The Bertz CT molecular complexity index is 589. The molecule has 1 aromatic carbocycles. The SMILES string of the molecule is Cc1nc2cc(C(O)CCC(=O)O)ccc2n1C. The normalized spacial score (nSPS) is 12.8. The highest BCUT2D eigenvalue weighted by molar-refractivity contribution is 5.77. The predicted molar refractivity (Wildman–Crippen MR) is 67.3 cm³/mol. The lowest BCUT2D eigenvalue weighted by Crippen LogP contribution is -2.02. The van der Waals surface area contributed by atoms with Gasteiger partial charge in [0, 0.05) is 13.5 Å². The summed E-state index contributed by atoms with van der Waals surface area (Å²) in [5.41, 5.74) is 2.53. The smallest absolute Gasteiger partial charge is 0.303 e. The number of aliphatic hydroxyl groups is 1. The first-order chi connectivity index (χ1) is 8.49. The molecule has 0 spiro atoms. The zero-order valence-electron chi connectivity index (χ0n) is 10.4. The van der Waals surface area contributed by atoms with E-state index < -0.39 is 12.1 Å². The largest absolute Gasteiger partial charge is 0.481 e. The highest BCUT2D eigenvalue weighted by atomic mass is 16.4. The number of carboxylic acids is 1. The third-order valence-electron chi connectivity index (χ3n) is 3.14. The number of aliphatic carboxylic acids is 1. The number of aliphatic hydroxyl groups excluding tert-OH is 1. The molecular formula is C13H16N2O3. The lowest BCUT2D eigenvalue weighted by Gasteiger charge is -2.09. The van der Waals surface area contributed by atoms with Gasteiger partial charge in [0.15, 0.2) is 0 Å². The van der Waals surface area contributed by atoms with Crippen molar-refractivity contribution in [2.75, 3.05) is 0 Å². The van der Waals surface area contributed by atoms with Crippen molar-refractivity contribution in [3.05, 3.63) is 29.6 Å². The minimum Gasteiger partial charge on any atom is -0.481 e. The number of aryl methyl sites for hydroxylation is 2. The first kappa shape index (κ1) is 12.6. The van der Waals surface area contributed by atoms with Crippen LogP contribution in [0.1, 0.15) is 30.3 Å². The van der Waals surface area contributed by atoms with Gasteiger partial charge in [0.05, 0.1) is 17.1 Å². The second-order valence-electron chi connectivity index (χ2n) is 4.41. The minimum absolute atomic E-state index is 0.0412. The van der Waals surface area contributed by atoms with Gasteiger partial charge in [-0.3, -0.25) is 4.79 Å². The zero-order chi connectivity index (χ0) is 13.3. The third kappa shape index (κ3) is 2.36. The molecule has 0 aliphatic carbocycles. The lowest BCUT2D eigenvalue weighted by atomic mass is 10.0. The fraction of sp³-hybridized carbons (Fsp3) is 0.385. The summed E-state index contributed by atoms with van der Waals surface area (Å²) >= 11 is 0. The van der Waals surface area contributed by atoms with Crippen LogP contribution in [0.15, 0.2) is 18.2 Å². The molecule has 1 heterocycles. The van der Waals surface area contributed by atoms with E-state index in [9.17, 15) is 9.90 Å². The van der Waals surface area contributed by atoms with Crippen LogP contribution in [0.5, 0.6) is 0 Å². The van der Waals surface area contributed by atoms with Crippen LogP contribution >= 0.6 is 0 Å². The summed E-state index contributed by atoms with van der Waals surface area (Å²) < 4.78 is 1.97. The fourth-order valence-corrected chi connectivity index (χ4v) is 1.97. The zero-order valence-corrected chi connectivity index (χ0v) is 10.4. The van der Waals surface area contributed by atoms with Gasteiger partial charge in [0.1, 0.15) is 5.82 Å². The number of carbonyl (C=O) groups is 1. The van der Waals surface area contributed by atoms with Crippen molar-refractivity contribution < 1.29 is 15.0 Å². The fourth-order valence-electron chi connectivity index (χ4n) is 1.97. The number of hydrogen-bond donors (Lipinski definition) is 2. The summed E-state index contributed by atoms with van der Waals surface area (Å²) in [6, 6.07) is 5.53. The molecule has 5 heteroatoms. The van der Waals surface area contributed by atoms with E-state index in [0.717, 1.165) is 16.9 Å². The molecule has 0 amide bonds. The van der Waals surface area contributed by atoms with Gasteiger partial charge in [0.2, 0.25) is 0 Å². The number of nitrogens with zero attached hydrogens (tertiary/aromatic N) is 2. The number of hydrogen-bond acceptors (Lipinski definition) is 3. The van der Waals surface area contributed by atoms with Gasteiger partial charge in [-0.05, 0) is 31.0 Å². The molecule has 0 radical (unpaired) electrons. The maximum absolute atomic E-state index is 10.5. The maximum atomic E-state index is 10.5. The van der Waals surface area contributed by atoms with Crippen LogP contribution in [0.4, 0.5) is 0 Å². The molecule has 2 N–H and O–H groups in total. The van der Waals surface area contributed by atoms with E-state index in [1.54, 1.807) is 0 Å². The summed E-state index contributed by atoms with van der Waals surface area (Å²) in [6.45, 7) is 1.92. The molecule has 0 saturated heterocycles. The van der Waals surface area contributed by atoms with Gasteiger partial charge in [-0.2, -0.15) is 0 Å². The summed E-state index contributed by atoms with van der Waals surface area (Å²) in [4.78, 5) is 14.9. The van der Waals surface area contributed by atoms with E-state index in [0.29, 0.717) is 5.56 Å². The van der Waals surface area contributed by atoms with Gasteiger partial charge in [-0.1, -0.05) is 6.07 Å². The molecular weight excluding hydrogens is 232 g/mol. The number of carboxylic acid groups (broad SMARTS) is 1. The Morgan fingerprint density at radius 2 is 2.22 bits per heavy atom. The summed E-state index contributed by atoms with van der Waals surface area (Å²) in [7, 11) is 1.94. The van der Waals surface area contributed by atoms with E-state index >= 15 is 0 Å². The Hall–Kier alpha value is -1.88. The average molecular weight is 248 g/mol. The van der Waals surface area contributed by atoms with Crippen molar-refractivity contribution in [2.24, 2.45) is 7.05 Å². The molecule has 96 valence electrons. The van der Waals surface area contributed by atoms with Crippen molar-refractivity contribution in [1.82, 2.24) is 9.55 Å². The Morgan fingerprint density at radius 1 is 1.50 bits per heavy atom. The molecule has 0 fully saturated rings. The molecule has 0 aliphatic heterocycles. The first-order valence-corrected chi connectivity index (χ1v) is 5.82. The van der Waals surface area contributed by atoms with E-state index in [1.165, 1.54) is 0 Å². The lowest BCUT2D eigenvalue weighted by molar-refractivity contribution is -0.137. The first-order valence-electron chi connectivity index (χ1n) is 5.82. The quantitative estimate of drug-likeness (QED) is 0.864. The maximum Gasteiger partial charge on any atom is 0.303 e. The van der Waals surface area contributed by atoms with Crippen molar-refractivity contribution >= 4 is 17.0 Å². The average Bonchev–Trinajstić information content (AvgIpc) is 2.61. The monoisotopic (exact) mass is 248 g/mol. The molecule has 0 aliphatic rings. The van der Waals surface area contributed by atoms with Crippen LogP contribution in [0.25, 0.3) is 11.0 Å². The van der Waals surface area contributed by atoms with Crippen LogP contribution in [0.2, 0.25) is 0 Å². The standard InChI is InChI=1S/C13H16N2O3/c1-8-14-10-7-9(3-4-11(10)15(8)2)12(16)5-6-13(17)18/h3-4,7,12,16H,5-6H2,1-2H3,(H,17,18). The van der Waals surface area contributed by atoms with Crippen LogP contribution in [-0.2, 0) is 11.8 Å². The van der Waals surface area contributed by atoms with Gasteiger partial charge in [-0.25, -0.2) is 4.98 Å². The second kappa shape index (κ2) is 4.78. The summed E-state index contributed by atoms with van der Waals surface area (Å²) in [6.07, 6.45) is -0.583. The van der Waals surface area contributed by atoms with E-state index in [1.807, 2.05) is 36.7 Å². The summed E-state index contributed by atoms with van der Waals surface area (Å²) in [5, 5.41) is 18.5. The van der Waals surface area contributed by atoms with Crippen molar-refractivity contribution in [1.29, 1.82) is 0 Å². The van der Waals surface area contributed by atoms with Crippen LogP contribution < -0.4 is 0 Å². The van der Waals surface area contributed by atoms with Gasteiger partial charge in [0.25, 0.3) is 0 Å². The number of benzene rings is 1. The second-order valence-corrected chi connectivity index (χ2v) is 4.41. The molecule has 18 heavy (non-hydrogen) atoms. The molecule has 5 nitrogen and oxygen atoms in total. The van der Waals surface area contributed by atoms with Gasteiger partial charge in [-0.15, -0.1) is 0 Å². The number of aromatic nitrogens is 2. The van der Waals surface area contributed by atoms with Crippen LogP contribution in [-0.4, -0.2) is 25.7 Å². The third-order valence-corrected chi connectivity index (χ3v) is 3.14. The highest BCUT2D eigenvalue weighted by Crippen LogP contribution is 2.23. The molecule has 2 rings (SSSR count). The number of rotatable bonds is 4. The molecule has 0 saturated carbocycles. The number of imidazole rings is 1. The molecule has 1 atom stereocenters. The Morgan fingerprint density at radius 3 is 2.89 bits per heavy atom. The Balaban J connectivity index is 2.27. The molecule has 1 unspecified atom stereocenters. The van der Waals surface area contributed by atoms with E-state index in [2.05, 4.69) is 4.98 Å². The van der Waals surface area contributed by atoms with Crippen LogP contribution in [0.3, 0.4) is 0 Å². The number of fused-ring (bicyclic) bond motifs is 1. The van der Waals surface area contributed by atoms with Gasteiger partial charge >= 0.3 is 5.97 Å². The highest BCUT2D eigenvalue weighted by Gasteiger charge is 2.12. The Kier molecular flexibility index (Phi) is 3.34. The summed E-state index contributed by atoms with van der Waals surface area (Å²) in [5.74, 6) is 0.00554. The van der Waals surface area contributed by atoms with Crippen molar-refractivity contribution in [2.45, 2.75) is 25.9 Å². The molecule has 2 aromatic rings. The van der Waals surface area contributed by atoms with Crippen LogP contribution in [0, 0.1) is 6.92 Å². The van der Waals surface area contributed by atoms with E-state index in [-0.39, 0.29) is 12.8 Å². The molecule has 0 bridgehead atoms. The minimum atomic E-state index is -0.899. The topological polar surface area (TPSA) is 75.3 Å². The molecule has 1 aromatic heterocycles. The van der Waals surface area contributed by atoms with Gasteiger partial charge < -0.3 is 14.8 Å².